The molecule has 1 radical (unpaired) electrons. The van der Waals surface area contributed by atoms with Gasteiger partial charge in [0.15, 0.2) is 0 Å². The highest BCUT2D eigenvalue weighted by Gasteiger charge is 2.07. The van der Waals surface area contributed by atoms with E-state index in [1.807, 2.05) is 7.05 Å². The van der Waals surface area contributed by atoms with Gasteiger partial charge in [0.05, 0.1) is 6.67 Å². The van der Waals surface area contributed by atoms with Gasteiger partial charge in [0, 0.05) is 26.2 Å². The maximum atomic E-state index is 4.31. The van der Waals surface area contributed by atoms with Crippen molar-refractivity contribution in [3.8, 4) is 0 Å². The second-order valence-corrected chi connectivity index (χ2v) is 2.66. The van der Waals surface area contributed by atoms with Crippen LogP contribution in [0.3, 0.4) is 0 Å². The number of likely N-dealkylation sites (N-methyl/N-ethyl adjacent to an activating group) is 1. The highest BCUT2D eigenvalue weighted by Crippen LogP contribution is 1.94. The van der Waals surface area contributed by atoms with E-state index in [0.717, 1.165) is 26.3 Å². The zero-order valence-electron chi connectivity index (χ0n) is 6.64. The Morgan fingerprint density at radius 2 is 2.50 bits per heavy atom. The molecular formula is C7H16N3. The van der Waals surface area contributed by atoms with Gasteiger partial charge >= 0.3 is 0 Å². The monoisotopic (exact) mass is 142 g/mol. The summed E-state index contributed by atoms with van der Waals surface area (Å²) in [4.78, 5) is 2.38. The van der Waals surface area contributed by atoms with Gasteiger partial charge < -0.3 is 5.32 Å². The summed E-state index contributed by atoms with van der Waals surface area (Å²) in [6.45, 7) is 5.46. The third kappa shape index (κ3) is 2.64. The van der Waals surface area contributed by atoms with Crippen LogP contribution in [0.2, 0.25) is 0 Å². The molecule has 1 N–H and O–H groups in total. The Kier molecular flexibility index (Phi) is 3.72. The van der Waals surface area contributed by atoms with E-state index in [2.05, 4.69) is 15.5 Å². The number of hydrogen-bond donors (Lipinski definition) is 1. The van der Waals surface area contributed by atoms with Crippen LogP contribution in [0.5, 0.6) is 0 Å². The Balaban J connectivity index is 2.02. The lowest BCUT2D eigenvalue weighted by atomic mass is 10.3. The first kappa shape index (κ1) is 7.98. The highest BCUT2D eigenvalue weighted by atomic mass is 15.2. The van der Waals surface area contributed by atoms with Gasteiger partial charge in [-0.15, -0.1) is 0 Å². The molecule has 0 aromatic carbocycles. The summed E-state index contributed by atoms with van der Waals surface area (Å²) in [5.74, 6) is 0. The predicted octanol–water partition coefficient (Wildman–Crippen LogP) is -0.527. The normalized spacial score (nSPS) is 21.3. The van der Waals surface area contributed by atoms with Crippen LogP contribution in [0.1, 0.15) is 6.42 Å². The van der Waals surface area contributed by atoms with Crippen LogP contribution >= 0.6 is 0 Å². The van der Waals surface area contributed by atoms with Gasteiger partial charge in [-0.2, -0.15) is 0 Å². The van der Waals surface area contributed by atoms with Crippen LogP contribution < -0.4 is 10.6 Å². The van der Waals surface area contributed by atoms with Gasteiger partial charge in [-0.3, -0.25) is 4.90 Å². The Morgan fingerprint density at radius 3 is 3.10 bits per heavy atom. The van der Waals surface area contributed by atoms with E-state index >= 15 is 0 Å². The molecule has 1 fully saturated rings. The molecule has 1 rings (SSSR count). The van der Waals surface area contributed by atoms with Crippen LogP contribution in [0.4, 0.5) is 0 Å². The van der Waals surface area contributed by atoms with Gasteiger partial charge in [0.1, 0.15) is 0 Å². The smallest absolute Gasteiger partial charge is 0.0649 e. The molecule has 1 heterocycles. The number of nitrogens with zero attached hydrogens (tertiary/aromatic N) is 2. The Morgan fingerprint density at radius 1 is 1.60 bits per heavy atom. The molecule has 0 aromatic heterocycles. The van der Waals surface area contributed by atoms with Crippen LogP contribution in [0.25, 0.3) is 0 Å². The van der Waals surface area contributed by atoms with Crippen molar-refractivity contribution in [2.75, 3.05) is 39.9 Å². The lowest BCUT2D eigenvalue weighted by Gasteiger charge is -2.25. The van der Waals surface area contributed by atoms with Crippen LogP contribution in [-0.4, -0.2) is 44.8 Å². The molecule has 0 atom stereocenters. The Hall–Kier alpha value is -0.120. The van der Waals surface area contributed by atoms with Crippen molar-refractivity contribution in [3.63, 3.8) is 0 Å². The maximum Gasteiger partial charge on any atom is 0.0649 e. The fourth-order valence-corrected chi connectivity index (χ4v) is 1.14. The van der Waals surface area contributed by atoms with Crippen LogP contribution in [-0.2, 0) is 0 Å². The zero-order chi connectivity index (χ0) is 7.23. The quantitative estimate of drug-likeness (QED) is 0.574. The molecule has 3 nitrogen and oxygen atoms in total. The van der Waals surface area contributed by atoms with E-state index in [1.165, 1.54) is 13.0 Å². The lowest BCUT2D eigenvalue weighted by molar-refractivity contribution is 0.214. The largest absolute Gasteiger partial charge is 0.318 e. The minimum absolute atomic E-state index is 0.946. The van der Waals surface area contributed by atoms with Crippen molar-refractivity contribution < 1.29 is 0 Å². The van der Waals surface area contributed by atoms with Gasteiger partial charge in [0.2, 0.25) is 0 Å². The molecule has 1 saturated heterocycles. The maximum absolute atomic E-state index is 4.31. The third-order valence-corrected chi connectivity index (χ3v) is 1.77. The topological polar surface area (TPSA) is 29.4 Å². The van der Waals surface area contributed by atoms with E-state index in [-0.39, 0.29) is 0 Å². The van der Waals surface area contributed by atoms with E-state index in [4.69, 9.17) is 0 Å². The summed E-state index contributed by atoms with van der Waals surface area (Å²) in [5, 5.41) is 7.44. The molecule has 0 amide bonds. The van der Waals surface area contributed by atoms with Crippen molar-refractivity contribution in [2.45, 2.75) is 6.42 Å². The molecule has 3 heteroatoms. The molecule has 0 aliphatic carbocycles. The van der Waals surface area contributed by atoms with Crippen LogP contribution in [0.15, 0.2) is 0 Å². The molecule has 0 aromatic rings. The molecule has 0 bridgehead atoms. The Bertz CT molecular complexity index is 78.9. The molecule has 59 valence electrons. The summed E-state index contributed by atoms with van der Waals surface area (Å²) in [6.07, 6.45) is 1.24. The summed E-state index contributed by atoms with van der Waals surface area (Å²) in [6, 6.07) is 0. The minimum atomic E-state index is 0.946. The lowest BCUT2D eigenvalue weighted by Crippen LogP contribution is -2.40. The van der Waals surface area contributed by atoms with Gasteiger partial charge in [-0.1, -0.05) is 0 Å². The minimum Gasteiger partial charge on any atom is -0.318 e. The highest BCUT2D eigenvalue weighted by molar-refractivity contribution is 4.63. The van der Waals surface area contributed by atoms with Gasteiger partial charge in [-0.25, -0.2) is 5.32 Å². The standard InChI is InChI=1S/C7H16N3/c1-8-4-6-10-5-2-3-9-7-10/h8H,2-7H2,1H3. The SMILES string of the molecule is CNCCN1CCC[N]C1. The third-order valence-electron chi connectivity index (χ3n) is 1.77. The second kappa shape index (κ2) is 4.66. The average molecular weight is 142 g/mol. The van der Waals surface area contributed by atoms with E-state index in [1.54, 1.807) is 0 Å². The van der Waals surface area contributed by atoms with E-state index < -0.39 is 0 Å². The molecule has 0 spiro atoms. The van der Waals surface area contributed by atoms with Crippen molar-refractivity contribution in [1.29, 1.82) is 0 Å². The molecule has 1 aliphatic rings. The number of hydrogen-bond acceptors (Lipinski definition) is 2. The van der Waals surface area contributed by atoms with Crippen molar-refractivity contribution >= 4 is 0 Å². The second-order valence-electron chi connectivity index (χ2n) is 2.66. The first-order valence-corrected chi connectivity index (χ1v) is 3.93. The molecule has 1 aliphatic heterocycles. The molecule has 0 saturated carbocycles. The average Bonchev–Trinajstić information content (AvgIpc) is 2.03. The zero-order valence-corrected chi connectivity index (χ0v) is 6.64. The molecule has 0 unspecified atom stereocenters. The summed E-state index contributed by atoms with van der Waals surface area (Å²) in [5.41, 5.74) is 0. The van der Waals surface area contributed by atoms with Crippen molar-refractivity contribution in [1.82, 2.24) is 15.5 Å². The van der Waals surface area contributed by atoms with Crippen molar-refractivity contribution in [2.24, 2.45) is 0 Å². The van der Waals surface area contributed by atoms with Crippen LogP contribution in [0, 0.1) is 0 Å². The summed E-state index contributed by atoms with van der Waals surface area (Å²) >= 11 is 0. The summed E-state index contributed by atoms with van der Waals surface area (Å²) in [7, 11) is 1.99. The van der Waals surface area contributed by atoms with E-state index in [0.29, 0.717) is 0 Å². The predicted molar refractivity (Wildman–Crippen MR) is 42.0 cm³/mol. The Labute approximate surface area is 62.8 Å². The van der Waals surface area contributed by atoms with Gasteiger partial charge in [-0.05, 0) is 13.5 Å². The van der Waals surface area contributed by atoms with Gasteiger partial charge in [0.25, 0.3) is 0 Å². The number of nitrogens with one attached hydrogen (secondary N) is 1. The summed E-state index contributed by atoms with van der Waals surface area (Å²) < 4.78 is 0. The first-order chi connectivity index (χ1) is 4.93. The number of rotatable bonds is 3. The fraction of sp³-hybridized carbons (Fsp3) is 1.00. The molecular weight excluding hydrogens is 126 g/mol. The molecule has 10 heavy (non-hydrogen) atoms. The first-order valence-electron chi connectivity index (χ1n) is 3.93. The van der Waals surface area contributed by atoms with E-state index in [9.17, 15) is 0 Å². The van der Waals surface area contributed by atoms with Crippen molar-refractivity contribution in [3.05, 3.63) is 0 Å². The fourth-order valence-electron chi connectivity index (χ4n) is 1.14.